The van der Waals surface area contributed by atoms with E-state index in [-0.39, 0.29) is 6.42 Å². The first-order valence-corrected chi connectivity index (χ1v) is 5.51. The number of benzene rings is 1. The first kappa shape index (κ1) is 12.2. The third kappa shape index (κ3) is 2.20. The van der Waals surface area contributed by atoms with Crippen molar-refractivity contribution in [1.29, 1.82) is 0 Å². The summed E-state index contributed by atoms with van der Waals surface area (Å²) in [5.41, 5.74) is 2.16. The van der Waals surface area contributed by atoms with Crippen LogP contribution in [0.25, 0.3) is 5.69 Å². The van der Waals surface area contributed by atoms with Crippen LogP contribution in [0.15, 0.2) is 30.6 Å². The molecule has 0 aliphatic heterocycles. The Hall–Kier alpha value is -2.30. The van der Waals surface area contributed by atoms with Crippen molar-refractivity contribution < 1.29 is 14.6 Å². The van der Waals surface area contributed by atoms with E-state index < -0.39 is 5.97 Å². The van der Waals surface area contributed by atoms with E-state index in [1.165, 1.54) is 0 Å². The van der Waals surface area contributed by atoms with Gasteiger partial charge in [-0.3, -0.25) is 9.36 Å². The molecule has 0 saturated carbocycles. The van der Waals surface area contributed by atoms with Gasteiger partial charge in [0.25, 0.3) is 0 Å². The van der Waals surface area contributed by atoms with E-state index in [1.807, 2.05) is 24.3 Å². The van der Waals surface area contributed by atoms with Crippen molar-refractivity contribution >= 4 is 5.97 Å². The molecule has 5 nitrogen and oxygen atoms in total. The van der Waals surface area contributed by atoms with Crippen LogP contribution in [0.5, 0.6) is 5.75 Å². The van der Waals surface area contributed by atoms with Crippen molar-refractivity contribution in [2.24, 2.45) is 0 Å². The Labute approximate surface area is 105 Å². The molecule has 1 aromatic heterocycles. The van der Waals surface area contributed by atoms with Crippen LogP contribution >= 0.6 is 0 Å². The van der Waals surface area contributed by atoms with Gasteiger partial charge in [-0.1, -0.05) is 12.1 Å². The van der Waals surface area contributed by atoms with E-state index in [1.54, 1.807) is 24.9 Å². The van der Waals surface area contributed by atoms with Crippen LogP contribution in [0.1, 0.15) is 11.4 Å². The summed E-state index contributed by atoms with van der Waals surface area (Å²) in [7, 11) is 1.58. The van der Waals surface area contributed by atoms with Crippen molar-refractivity contribution in [3.05, 3.63) is 42.0 Å². The van der Waals surface area contributed by atoms with Crippen molar-refractivity contribution in [3.63, 3.8) is 0 Å². The Morgan fingerprint density at radius 3 is 2.83 bits per heavy atom. The summed E-state index contributed by atoms with van der Waals surface area (Å²) in [6.07, 6.45) is 1.55. The molecule has 0 spiro atoms. The lowest BCUT2D eigenvalue weighted by Gasteiger charge is -2.11. The largest absolute Gasteiger partial charge is 0.495 e. The number of hydrogen-bond acceptors (Lipinski definition) is 3. The number of nitrogens with zero attached hydrogens (tertiary/aromatic N) is 2. The van der Waals surface area contributed by atoms with E-state index >= 15 is 0 Å². The normalized spacial score (nSPS) is 10.3. The van der Waals surface area contributed by atoms with Crippen molar-refractivity contribution in [1.82, 2.24) is 9.55 Å². The molecule has 0 amide bonds. The predicted octanol–water partition coefficient (Wildman–Crippen LogP) is 1.82. The van der Waals surface area contributed by atoms with E-state index in [0.29, 0.717) is 17.1 Å². The minimum atomic E-state index is -0.880. The maximum absolute atomic E-state index is 10.9. The number of aliphatic carboxylic acids is 1. The molecular formula is C13H14N2O3. The topological polar surface area (TPSA) is 64.4 Å². The van der Waals surface area contributed by atoms with Gasteiger partial charge in [0.05, 0.1) is 36.9 Å². The standard InChI is InChI=1S/C13H14N2O3/c1-9-11(7-13(16)17)15(8-14-9)10-5-3-4-6-12(10)18-2/h3-6,8H,7H2,1-2H3,(H,16,17). The molecule has 1 N–H and O–H groups in total. The monoisotopic (exact) mass is 246 g/mol. The number of aryl methyl sites for hydroxylation is 1. The maximum Gasteiger partial charge on any atom is 0.309 e. The van der Waals surface area contributed by atoms with Crippen molar-refractivity contribution in [2.45, 2.75) is 13.3 Å². The van der Waals surface area contributed by atoms with Gasteiger partial charge in [-0.2, -0.15) is 0 Å². The third-order valence-corrected chi connectivity index (χ3v) is 2.74. The molecule has 0 radical (unpaired) electrons. The number of methoxy groups -OCH3 is 1. The number of para-hydroxylation sites is 2. The van der Waals surface area contributed by atoms with Crippen LogP contribution in [0, 0.1) is 6.92 Å². The number of imidazole rings is 1. The third-order valence-electron chi connectivity index (χ3n) is 2.74. The molecule has 0 aliphatic carbocycles. The fraction of sp³-hybridized carbons (Fsp3) is 0.231. The Bertz CT molecular complexity index is 575. The molecule has 2 rings (SSSR count). The highest BCUT2D eigenvalue weighted by atomic mass is 16.5. The van der Waals surface area contributed by atoms with Gasteiger partial charge in [0.15, 0.2) is 0 Å². The highest BCUT2D eigenvalue weighted by Gasteiger charge is 2.14. The second kappa shape index (κ2) is 4.91. The zero-order chi connectivity index (χ0) is 13.1. The molecule has 18 heavy (non-hydrogen) atoms. The maximum atomic E-state index is 10.9. The SMILES string of the molecule is COc1ccccc1-n1cnc(C)c1CC(=O)O. The minimum absolute atomic E-state index is 0.0656. The summed E-state index contributed by atoms with van der Waals surface area (Å²) >= 11 is 0. The Balaban J connectivity index is 2.53. The van der Waals surface area contributed by atoms with E-state index in [2.05, 4.69) is 4.98 Å². The summed E-state index contributed by atoms with van der Waals surface area (Å²) in [5, 5.41) is 8.94. The van der Waals surface area contributed by atoms with Gasteiger partial charge in [0.1, 0.15) is 5.75 Å². The van der Waals surface area contributed by atoms with Crippen molar-refractivity contribution in [2.75, 3.05) is 7.11 Å². The summed E-state index contributed by atoms with van der Waals surface area (Å²) in [6.45, 7) is 1.80. The molecule has 1 aromatic carbocycles. The lowest BCUT2D eigenvalue weighted by molar-refractivity contribution is -0.136. The fourth-order valence-corrected chi connectivity index (χ4v) is 1.86. The van der Waals surface area contributed by atoms with Crippen LogP contribution in [0.4, 0.5) is 0 Å². The smallest absolute Gasteiger partial charge is 0.309 e. The number of carboxylic acid groups (broad SMARTS) is 1. The Morgan fingerprint density at radius 2 is 2.17 bits per heavy atom. The second-order valence-electron chi connectivity index (χ2n) is 3.89. The molecular weight excluding hydrogens is 232 g/mol. The average Bonchev–Trinajstić information content (AvgIpc) is 2.70. The van der Waals surface area contributed by atoms with Gasteiger partial charge in [0, 0.05) is 0 Å². The van der Waals surface area contributed by atoms with Crippen LogP contribution in [-0.4, -0.2) is 27.7 Å². The summed E-state index contributed by atoms with van der Waals surface area (Å²) in [5.74, 6) is -0.198. The van der Waals surface area contributed by atoms with Gasteiger partial charge < -0.3 is 9.84 Å². The molecule has 0 aliphatic rings. The molecule has 1 heterocycles. The Kier molecular flexibility index (Phi) is 3.32. The van der Waals surface area contributed by atoms with Gasteiger partial charge in [-0.25, -0.2) is 4.98 Å². The Morgan fingerprint density at radius 1 is 1.44 bits per heavy atom. The summed E-state index contributed by atoms with van der Waals surface area (Å²) in [6, 6.07) is 7.43. The van der Waals surface area contributed by atoms with Crippen LogP contribution < -0.4 is 4.74 Å². The molecule has 0 bridgehead atoms. The molecule has 0 fully saturated rings. The highest BCUT2D eigenvalue weighted by Crippen LogP contribution is 2.24. The number of rotatable bonds is 4. The van der Waals surface area contributed by atoms with Crippen molar-refractivity contribution in [3.8, 4) is 11.4 Å². The van der Waals surface area contributed by atoms with Crippen LogP contribution in [0.2, 0.25) is 0 Å². The molecule has 0 unspecified atom stereocenters. The molecule has 0 atom stereocenters. The van der Waals surface area contributed by atoms with Crippen LogP contribution in [0.3, 0.4) is 0 Å². The number of ether oxygens (including phenoxy) is 1. The zero-order valence-electron chi connectivity index (χ0n) is 10.3. The van der Waals surface area contributed by atoms with E-state index in [0.717, 1.165) is 5.69 Å². The molecule has 5 heteroatoms. The van der Waals surface area contributed by atoms with Gasteiger partial charge in [-0.15, -0.1) is 0 Å². The van der Waals surface area contributed by atoms with Gasteiger partial charge in [-0.05, 0) is 19.1 Å². The van der Waals surface area contributed by atoms with Crippen LogP contribution in [-0.2, 0) is 11.2 Å². The molecule has 2 aromatic rings. The number of carbonyl (C=O) groups is 1. The number of aromatic nitrogens is 2. The fourth-order valence-electron chi connectivity index (χ4n) is 1.86. The number of hydrogen-bond donors (Lipinski definition) is 1. The average molecular weight is 246 g/mol. The first-order valence-electron chi connectivity index (χ1n) is 5.51. The predicted molar refractivity (Wildman–Crippen MR) is 66.2 cm³/mol. The lowest BCUT2D eigenvalue weighted by atomic mass is 10.2. The van der Waals surface area contributed by atoms with E-state index in [9.17, 15) is 4.79 Å². The van der Waals surface area contributed by atoms with Gasteiger partial charge >= 0.3 is 5.97 Å². The summed E-state index contributed by atoms with van der Waals surface area (Å²) < 4.78 is 7.03. The first-order chi connectivity index (χ1) is 8.63. The molecule has 94 valence electrons. The van der Waals surface area contributed by atoms with E-state index in [4.69, 9.17) is 9.84 Å². The minimum Gasteiger partial charge on any atom is -0.495 e. The summed E-state index contributed by atoms with van der Waals surface area (Å²) in [4.78, 5) is 15.1. The highest BCUT2D eigenvalue weighted by molar-refractivity contribution is 5.70. The zero-order valence-corrected chi connectivity index (χ0v) is 10.3. The quantitative estimate of drug-likeness (QED) is 0.893. The lowest BCUT2D eigenvalue weighted by Crippen LogP contribution is -2.08. The second-order valence-corrected chi connectivity index (χ2v) is 3.89. The number of carboxylic acids is 1. The molecule has 0 saturated heterocycles. The van der Waals surface area contributed by atoms with Gasteiger partial charge in [0.2, 0.25) is 0 Å².